The van der Waals surface area contributed by atoms with E-state index in [1.54, 1.807) is 22.2 Å². The van der Waals surface area contributed by atoms with Crippen molar-refractivity contribution in [3.63, 3.8) is 0 Å². The van der Waals surface area contributed by atoms with E-state index in [4.69, 9.17) is 0 Å². The van der Waals surface area contributed by atoms with Crippen molar-refractivity contribution >= 4 is 27.1 Å². The maximum Gasteiger partial charge on any atom is 0.262 e. The molecule has 0 fully saturated rings. The van der Waals surface area contributed by atoms with Crippen LogP contribution in [-0.2, 0) is 19.4 Å². The molecule has 0 bridgehead atoms. The molecule has 4 aromatic heterocycles. The Morgan fingerprint density at radius 1 is 1.41 bits per heavy atom. The van der Waals surface area contributed by atoms with Crippen molar-refractivity contribution in [3.8, 4) is 6.07 Å². The molecule has 0 aliphatic heterocycles. The molecule has 1 aliphatic carbocycles. The molecule has 1 aliphatic rings. The van der Waals surface area contributed by atoms with Gasteiger partial charge in [0.05, 0.1) is 29.3 Å². The van der Waals surface area contributed by atoms with Crippen molar-refractivity contribution in [2.75, 3.05) is 0 Å². The van der Waals surface area contributed by atoms with Gasteiger partial charge in [0, 0.05) is 22.8 Å². The van der Waals surface area contributed by atoms with Crippen LogP contribution in [0, 0.1) is 17.2 Å². The molecule has 0 saturated carbocycles. The fourth-order valence-corrected chi connectivity index (χ4v) is 5.43. The molecule has 0 spiro atoms. The van der Waals surface area contributed by atoms with Gasteiger partial charge in [0.25, 0.3) is 5.56 Å². The number of hydrogen-bond acceptors (Lipinski definition) is 4. The summed E-state index contributed by atoms with van der Waals surface area (Å²) in [6, 6.07) is 8.05. The highest BCUT2D eigenvalue weighted by molar-refractivity contribution is 7.18. The minimum atomic E-state index is 0.00574. The lowest BCUT2D eigenvalue weighted by Gasteiger charge is -2.17. The predicted molar refractivity (Wildman–Crippen MR) is 106 cm³/mol. The Bertz CT molecular complexity index is 1290. The van der Waals surface area contributed by atoms with Crippen LogP contribution in [0.5, 0.6) is 0 Å². The first kappa shape index (κ1) is 16.3. The summed E-state index contributed by atoms with van der Waals surface area (Å²) >= 11 is 1.66. The third-order valence-corrected chi connectivity index (χ3v) is 6.66. The molecule has 1 unspecified atom stereocenters. The van der Waals surface area contributed by atoms with Crippen LogP contribution in [0.3, 0.4) is 0 Å². The van der Waals surface area contributed by atoms with Crippen molar-refractivity contribution < 1.29 is 0 Å². The van der Waals surface area contributed by atoms with Gasteiger partial charge in [0.15, 0.2) is 0 Å². The van der Waals surface area contributed by atoms with Gasteiger partial charge >= 0.3 is 0 Å². The summed E-state index contributed by atoms with van der Waals surface area (Å²) < 4.78 is 3.57. The van der Waals surface area contributed by atoms with Crippen LogP contribution in [0.25, 0.3) is 15.7 Å². The smallest absolute Gasteiger partial charge is 0.262 e. The topological polar surface area (TPSA) is 63.1 Å². The van der Waals surface area contributed by atoms with Gasteiger partial charge in [-0.25, -0.2) is 4.98 Å². The molecular weight excluding hydrogens is 356 g/mol. The highest BCUT2D eigenvalue weighted by Crippen LogP contribution is 2.35. The molecule has 0 saturated heterocycles. The van der Waals surface area contributed by atoms with Crippen LogP contribution in [0.4, 0.5) is 0 Å². The molecule has 0 radical (unpaired) electrons. The average Bonchev–Trinajstić information content (AvgIpc) is 3.21. The van der Waals surface area contributed by atoms with Crippen molar-refractivity contribution in [2.45, 2.75) is 32.7 Å². The third-order valence-electron chi connectivity index (χ3n) is 5.50. The molecule has 4 heterocycles. The zero-order valence-corrected chi connectivity index (χ0v) is 15.8. The maximum atomic E-state index is 13.2. The summed E-state index contributed by atoms with van der Waals surface area (Å²) in [7, 11) is 0. The van der Waals surface area contributed by atoms with Crippen LogP contribution in [0.2, 0.25) is 0 Å². The van der Waals surface area contributed by atoms with E-state index < -0.39 is 0 Å². The number of aryl methyl sites for hydroxylation is 1. The Balaban J connectivity index is 1.64. The van der Waals surface area contributed by atoms with Crippen molar-refractivity contribution in [3.05, 3.63) is 68.8 Å². The van der Waals surface area contributed by atoms with E-state index in [0.29, 0.717) is 18.0 Å². The van der Waals surface area contributed by atoms with Crippen LogP contribution in [0.1, 0.15) is 34.9 Å². The molecule has 4 aromatic rings. The van der Waals surface area contributed by atoms with E-state index in [-0.39, 0.29) is 5.56 Å². The van der Waals surface area contributed by atoms with Crippen LogP contribution < -0.4 is 5.56 Å². The number of fused-ring (bicyclic) bond motifs is 4. The summed E-state index contributed by atoms with van der Waals surface area (Å²) in [4.78, 5) is 19.9. The Morgan fingerprint density at radius 3 is 3.15 bits per heavy atom. The van der Waals surface area contributed by atoms with Crippen LogP contribution in [0.15, 0.2) is 41.7 Å². The quantitative estimate of drug-likeness (QED) is 0.537. The number of nitrogens with zero attached hydrogens (tertiary/aromatic N) is 4. The summed E-state index contributed by atoms with van der Waals surface area (Å²) in [6.07, 6.45) is 8.59. The van der Waals surface area contributed by atoms with Gasteiger partial charge in [-0.2, -0.15) is 5.26 Å². The molecule has 134 valence electrons. The van der Waals surface area contributed by atoms with Gasteiger partial charge in [-0.3, -0.25) is 9.36 Å². The summed E-state index contributed by atoms with van der Waals surface area (Å²) in [6.45, 7) is 2.62. The zero-order valence-electron chi connectivity index (χ0n) is 15.0. The van der Waals surface area contributed by atoms with Gasteiger partial charge in [-0.1, -0.05) is 13.0 Å². The number of nitriles is 1. The van der Waals surface area contributed by atoms with Gasteiger partial charge in [-0.15, -0.1) is 11.3 Å². The Hall–Kier alpha value is -2.91. The van der Waals surface area contributed by atoms with Crippen molar-refractivity contribution in [2.24, 2.45) is 5.92 Å². The summed E-state index contributed by atoms with van der Waals surface area (Å²) in [5.41, 5.74) is 3.51. The third kappa shape index (κ3) is 2.50. The second-order valence-corrected chi connectivity index (χ2v) is 8.43. The maximum absolute atomic E-state index is 13.2. The Labute approximate surface area is 160 Å². The Morgan fingerprint density at radius 2 is 2.30 bits per heavy atom. The number of thiophene rings is 1. The average molecular weight is 374 g/mol. The Kier molecular flexibility index (Phi) is 3.66. The monoisotopic (exact) mass is 374 g/mol. The fraction of sp³-hybridized carbons (Fsp3) is 0.286. The number of hydrogen-bond donors (Lipinski definition) is 0. The zero-order chi connectivity index (χ0) is 18.5. The molecular formula is C21H18N4OS. The lowest BCUT2D eigenvalue weighted by Crippen LogP contribution is -2.22. The molecule has 6 heteroatoms. The van der Waals surface area contributed by atoms with Gasteiger partial charge in [0.2, 0.25) is 0 Å². The van der Waals surface area contributed by atoms with Gasteiger partial charge in [-0.05, 0) is 42.9 Å². The van der Waals surface area contributed by atoms with E-state index in [1.807, 2.05) is 35.0 Å². The first-order valence-corrected chi connectivity index (χ1v) is 9.95. The van der Waals surface area contributed by atoms with Crippen molar-refractivity contribution in [1.82, 2.24) is 14.0 Å². The van der Waals surface area contributed by atoms with E-state index in [1.165, 1.54) is 10.4 Å². The first-order valence-electron chi connectivity index (χ1n) is 9.14. The van der Waals surface area contributed by atoms with E-state index in [0.717, 1.165) is 40.6 Å². The van der Waals surface area contributed by atoms with Crippen LogP contribution in [-0.4, -0.2) is 14.0 Å². The van der Waals surface area contributed by atoms with E-state index in [9.17, 15) is 10.1 Å². The lowest BCUT2D eigenvalue weighted by atomic mass is 9.89. The number of aromatic nitrogens is 3. The van der Waals surface area contributed by atoms with E-state index >= 15 is 0 Å². The highest BCUT2D eigenvalue weighted by Gasteiger charge is 2.23. The second-order valence-electron chi connectivity index (χ2n) is 7.34. The molecule has 0 N–H and O–H groups in total. The molecule has 27 heavy (non-hydrogen) atoms. The standard InChI is InChI=1S/C21H18N4OS/c1-13-5-6-15-18(8-13)27-20-19(15)21(26)25(12-23-20)11-14-10-24-7-3-2-4-17(24)16(14)9-22/h2-4,7,10,12-13H,5-6,8,11H2,1H3. The SMILES string of the molecule is CC1CCc2c(sc3ncn(Cc4cn5ccccc5c4C#N)c(=O)c23)C1. The number of pyridine rings is 1. The second kappa shape index (κ2) is 6.07. The summed E-state index contributed by atoms with van der Waals surface area (Å²) in [5, 5.41) is 10.4. The van der Waals surface area contributed by atoms with Crippen molar-refractivity contribution in [1.29, 1.82) is 5.26 Å². The number of rotatable bonds is 2. The fourth-order valence-electron chi connectivity index (χ4n) is 4.09. The largest absolute Gasteiger partial charge is 0.322 e. The minimum Gasteiger partial charge on any atom is -0.322 e. The van der Waals surface area contributed by atoms with Gasteiger partial charge < -0.3 is 4.40 Å². The summed E-state index contributed by atoms with van der Waals surface area (Å²) in [5.74, 6) is 0.666. The molecule has 0 amide bonds. The molecule has 5 rings (SSSR count). The molecule has 5 nitrogen and oxygen atoms in total. The lowest BCUT2D eigenvalue weighted by molar-refractivity contribution is 0.509. The first-order chi connectivity index (χ1) is 13.2. The van der Waals surface area contributed by atoms with Gasteiger partial charge in [0.1, 0.15) is 10.9 Å². The predicted octanol–water partition coefficient (Wildman–Crippen LogP) is 3.76. The molecule has 1 atom stereocenters. The van der Waals surface area contributed by atoms with E-state index in [2.05, 4.69) is 18.0 Å². The minimum absolute atomic E-state index is 0.00574. The highest BCUT2D eigenvalue weighted by atomic mass is 32.1. The molecule has 0 aromatic carbocycles. The normalized spacial score (nSPS) is 16.5. The van der Waals surface area contributed by atoms with Crippen LogP contribution >= 0.6 is 11.3 Å².